The van der Waals surface area contributed by atoms with Gasteiger partial charge in [-0.15, -0.1) is 0 Å². The van der Waals surface area contributed by atoms with E-state index in [-0.39, 0.29) is 24.0 Å². The number of hydrogen-bond acceptors (Lipinski definition) is 8. The largest absolute Gasteiger partial charge is 0.388 e. The van der Waals surface area contributed by atoms with Crippen molar-refractivity contribution in [1.29, 1.82) is 5.41 Å². The molecular weight excluding hydrogens is 520 g/mol. The number of anilines is 1. The highest BCUT2D eigenvalue weighted by molar-refractivity contribution is 6.30. The minimum atomic E-state index is -0.965. The number of nitrogens with one attached hydrogen (secondary N) is 4. The van der Waals surface area contributed by atoms with Gasteiger partial charge in [-0.2, -0.15) is 0 Å². The molecule has 3 aliphatic rings. The minimum absolute atomic E-state index is 0.0937. The van der Waals surface area contributed by atoms with Crippen molar-refractivity contribution in [3.05, 3.63) is 64.6 Å². The number of allylic oxidation sites excluding steroid dienone is 1. The number of carbonyl (C=O) groups excluding carboxylic acids is 4. The zero-order valence-corrected chi connectivity index (χ0v) is 22.0. The maximum absolute atomic E-state index is 13.0. The predicted octanol–water partition coefficient (Wildman–Crippen LogP) is 3.39. The zero-order chi connectivity index (χ0) is 27.5. The minimum Gasteiger partial charge on any atom is -0.388 e. The molecule has 1 aliphatic carbocycles. The lowest BCUT2D eigenvalue weighted by molar-refractivity contribution is -0.136. The molecule has 202 valence electrons. The van der Waals surface area contributed by atoms with E-state index in [0.29, 0.717) is 28.2 Å². The van der Waals surface area contributed by atoms with E-state index >= 15 is 0 Å². The van der Waals surface area contributed by atoms with Gasteiger partial charge < -0.3 is 16.0 Å². The van der Waals surface area contributed by atoms with Crippen LogP contribution in [0.15, 0.2) is 42.7 Å². The van der Waals surface area contributed by atoms with Crippen LogP contribution in [0.4, 0.5) is 5.69 Å². The van der Waals surface area contributed by atoms with E-state index in [1.807, 2.05) is 6.20 Å². The van der Waals surface area contributed by atoms with Gasteiger partial charge in [0.1, 0.15) is 6.04 Å². The summed E-state index contributed by atoms with van der Waals surface area (Å²) in [6.45, 7) is 0.727. The van der Waals surface area contributed by atoms with E-state index in [9.17, 15) is 19.2 Å². The number of halogens is 1. The Morgan fingerprint density at radius 2 is 1.92 bits per heavy atom. The number of piperidine rings is 1. The van der Waals surface area contributed by atoms with Crippen molar-refractivity contribution in [3.8, 4) is 0 Å². The van der Waals surface area contributed by atoms with Crippen LogP contribution < -0.4 is 16.0 Å². The smallest absolute Gasteiger partial charge is 0.262 e. The maximum Gasteiger partial charge on any atom is 0.262 e. The third kappa shape index (κ3) is 5.70. The van der Waals surface area contributed by atoms with Crippen LogP contribution in [0.25, 0.3) is 5.57 Å². The van der Waals surface area contributed by atoms with Crippen LogP contribution in [0.5, 0.6) is 0 Å². The molecule has 1 atom stereocenters. The van der Waals surface area contributed by atoms with E-state index in [1.54, 1.807) is 36.5 Å². The number of fused-ring (bicyclic) bond motifs is 1. The summed E-state index contributed by atoms with van der Waals surface area (Å²) in [5, 5.41) is 17.2. The van der Waals surface area contributed by atoms with Gasteiger partial charge in [0.2, 0.25) is 11.8 Å². The van der Waals surface area contributed by atoms with E-state index in [2.05, 4.69) is 20.9 Å². The highest BCUT2D eigenvalue weighted by Gasteiger charge is 2.44. The second-order valence-corrected chi connectivity index (χ2v) is 10.5. The molecule has 0 bridgehead atoms. The van der Waals surface area contributed by atoms with E-state index in [1.165, 1.54) is 6.21 Å². The Hall–Kier alpha value is -4.05. The van der Waals surface area contributed by atoms with Crippen molar-refractivity contribution >= 4 is 52.7 Å². The summed E-state index contributed by atoms with van der Waals surface area (Å²) in [6, 6.07) is 7.88. The first-order valence-corrected chi connectivity index (χ1v) is 13.4. The summed E-state index contributed by atoms with van der Waals surface area (Å²) >= 11 is 6.03. The average Bonchev–Trinajstić information content (AvgIpc) is 3.13. The maximum atomic E-state index is 13.0. The predicted molar refractivity (Wildman–Crippen MR) is 146 cm³/mol. The van der Waals surface area contributed by atoms with Crippen molar-refractivity contribution in [3.63, 3.8) is 0 Å². The van der Waals surface area contributed by atoms with E-state index in [0.717, 1.165) is 42.8 Å². The quantitative estimate of drug-likeness (QED) is 0.202. The van der Waals surface area contributed by atoms with Crippen molar-refractivity contribution in [2.75, 3.05) is 11.9 Å². The monoisotopic (exact) mass is 548 g/mol. The van der Waals surface area contributed by atoms with Gasteiger partial charge in [-0.05, 0) is 68.4 Å². The topological polar surface area (TPSA) is 144 Å². The van der Waals surface area contributed by atoms with Crippen LogP contribution >= 0.6 is 11.6 Å². The number of benzene rings is 1. The van der Waals surface area contributed by atoms with Gasteiger partial charge >= 0.3 is 0 Å². The molecule has 1 saturated heterocycles. The number of imide groups is 2. The highest BCUT2D eigenvalue weighted by atomic mass is 35.5. The summed E-state index contributed by atoms with van der Waals surface area (Å²) in [5.41, 5.74) is 2.63. The van der Waals surface area contributed by atoms with Crippen LogP contribution in [0, 0.1) is 11.3 Å². The first-order chi connectivity index (χ1) is 18.8. The molecule has 0 radical (unpaired) electrons. The third-order valence-corrected chi connectivity index (χ3v) is 7.68. The van der Waals surface area contributed by atoms with Gasteiger partial charge in [-0.1, -0.05) is 11.6 Å². The summed E-state index contributed by atoms with van der Waals surface area (Å²) in [4.78, 5) is 54.7. The average molecular weight is 549 g/mol. The second kappa shape index (κ2) is 11.4. The van der Waals surface area contributed by atoms with Crippen LogP contribution in [0.3, 0.4) is 0 Å². The fourth-order valence-corrected chi connectivity index (χ4v) is 5.43. The van der Waals surface area contributed by atoms with Crippen LogP contribution in [0.2, 0.25) is 5.02 Å². The SMILES string of the molecule is N=C/C(=C\NC1CC(CCCNc2ccc3c(c2)C(=O)N(C2CCC(=O)NC2=O)C3=O)C1)c1cc(Cl)ccn1. The molecule has 2 aliphatic heterocycles. The van der Waals surface area contributed by atoms with Crippen molar-refractivity contribution in [2.45, 2.75) is 50.6 Å². The molecule has 5 rings (SSSR count). The Morgan fingerprint density at radius 1 is 1.13 bits per heavy atom. The Bertz CT molecular complexity index is 1370. The number of rotatable bonds is 10. The van der Waals surface area contributed by atoms with Gasteiger partial charge in [-0.25, -0.2) is 0 Å². The molecule has 1 aromatic carbocycles. The molecule has 1 unspecified atom stereocenters. The van der Waals surface area contributed by atoms with Gasteiger partial charge in [0.05, 0.1) is 16.8 Å². The molecule has 2 aromatic rings. The number of aromatic nitrogens is 1. The normalized spacial score (nSPS) is 22.7. The molecule has 3 heterocycles. The first kappa shape index (κ1) is 26.6. The summed E-state index contributed by atoms with van der Waals surface area (Å²) in [6.07, 6.45) is 9.07. The molecule has 39 heavy (non-hydrogen) atoms. The number of pyridine rings is 1. The van der Waals surface area contributed by atoms with Crippen molar-refractivity contribution in [2.24, 2.45) is 5.92 Å². The summed E-state index contributed by atoms with van der Waals surface area (Å²) < 4.78 is 0. The molecule has 1 aromatic heterocycles. The number of amides is 4. The fraction of sp³-hybridized carbons (Fsp3) is 0.357. The van der Waals surface area contributed by atoms with E-state index in [4.69, 9.17) is 17.0 Å². The second-order valence-electron chi connectivity index (χ2n) is 10.1. The molecule has 4 amide bonds. The number of nitrogens with zero attached hydrogens (tertiary/aromatic N) is 2. The molecule has 11 heteroatoms. The van der Waals surface area contributed by atoms with Crippen molar-refractivity contribution < 1.29 is 19.2 Å². The molecule has 10 nitrogen and oxygen atoms in total. The lowest BCUT2D eigenvalue weighted by atomic mass is 9.77. The molecule has 0 spiro atoms. The Labute approximate surface area is 230 Å². The molecule has 2 fully saturated rings. The Balaban J connectivity index is 1.06. The molecule has 1 saturated carbocycles. The van der Waals surface area contributed by atoms with E-state index < -0.39 is 29.7 Å². The zero-order valence-electron chi connectivity index (χ0n) is 21.2. The number of hydrogen-bond donors (Lipinski definition) is 4. The van der Waals surface area contributed by atoms with Crippen LogP contribution in [0.1, 0.15) is 64.9 Å². The number of carbonyl (C=O) groups is 4. The first-order valence-electron chi connectivity index (χ1n) is 13.0. The van der Waals surface area contributed by atoms with Gasteiger partial charge in [0.25, 0.3) is 11.8 Å². The Kier molecular flexibility index (Phi) is 7.74. The van der Waals surface area contributed by atoms with Gasteiger partial charge in [-0.3, -0.25) is 34.4 Å². The lowest BCUT2D eigenvalue weighted by Crippen LogP contribution is -2.54. The molecule has 4 N–H and O–H groups in total. The van der Waals surface area contributed by atoms with Crippen LogP contribution in [-0.2, 0) is 9.59 Å². The third-order valence-electron chi connectivity index (χ3n) is 7.44. The summed E-state index contributed by atoms with van der Waals surface area (Å²) in [5.74, 6) is -1.40. The van der Waals surface area contributed by atoms with Crippen LogP contribution in [-0.4, -0.2) is 58.4 Å². The fourth-order valence-electron chi connectivity index (χ4n) is 5.27. The highest BCUT2D eigenvalue weighted by Crippen LogP contribution is 2.32. The lowest BCUT2D eigenvalue weighted by Gasteiger charge is -2.36. The Morgan fingerprint density at radius 3 is 2.67 bits per heavy atom. The van der Waals surface area contributed by atoms with Crippen molar-refractivity contribution in [1.82, 2.24) is 20.5 Å². The molecular formula is C28H29ClN6O4. The summed E-state index contributed by atoms with van der Waals surface area (Å²) in [7, 11) is 0. The van der Waals surface area contributed by atoms with Gasteiger partial charge in [0.15, 0.2) is 0 Å². The standard InChI is InChI=1S/C28H29ClN6O4/c29-18-7-9-32-23(12-18)17(14-30)15-33-20-10-16(11-20)2-1-8-31-19-3-4-21-22(13-19)28(39)35(27(21)38)24-5-6-25(36)34-26(24)37/h3-4,7,9,12-16,20,24,30-31,33H,1-2,5-6,8,10-11H2,(H,34,36,37)/b17-15+,30-14?. The van der Waals surface area contributed by atoms with Gasteiger partial charge in [0, 0.05) is 53.9 Å².